The summed E-state index contributed by atoms with van der Waals surface area (Å²) < 4.78 is 53.3. The quantitative estimate of drug-likeness (QED) is 0.572. The lowest BCUT2D eigenvalue weighted by Crippen LogP contribution is -2.33. The summed E-state index contributed by atoms with van der Waals surface area (Å²) >= 11 is 0. The molecule has 0 amide bonds. The van der Waals surface area contributed by atoms with Gasteiger partial charge in [0.1, 0.15) is 0 Å². The third kappa shape index (κ3) is 6.26. The topological polar surface area (TPSA) is 92.3 Å². The number of nitrogens with one attached hydrogen (secondary N) is 2. The predicted molar refractivity (Wildman–Crippen MR) is 125 cm³/mol. The van der Waals surface area contributed by atoms with Crippen molar-refractivity contribution in [2.45, 2.75) is 63.9 Å². The molecule has 0 heterocycles. The molecule has 2 atom stereocenters. The number of rotatable bonds is 10. The van der Waals surface area contributed by atoms with Crippen molar-refractivity contribution in [2.75, 3.05) is 13.1 Å². The molecule has 2 rings (SSSR count). The van der Waals surface area contributed by atoms with E-state index in [0.717, 1.165) is 21.9 Å². The summed E-state index contributed by atoms with van der Waals surface area (Å²) in [6.07, 6.45) is 0. The largest absolute Gasteiger partial charge is 0.214 e. The molecule has 8 heteroatoms. The van der Waals surface area contributed by atoms with Crippen molar-refractivity contribution in [1.29, 1.82) is 0 Å². The Morgan fingerprint density at radius 2 is 0.967 bits per heavy atom. The van der Waals surface area contributed by atoms with Crippen LogP contribution in [0.15, 0.2) is 36.4 Å². The molecule has 2 aromatic rings. The first-order chi connectivity index (χ1) is 13.8. The van der Waals surface area contributed by atoms with Crippen LogP contribution in [0.3, 0.4) is 0 Å². The molecule has 2 aromatic carbocycles. The van der Waals surface area contributed by atoms with Gasteiger partial charge in [0.2, 0.25) is 20.0 Å². The van der Waals surface area contributed by atoms with Crippen molar-refractivity contribution < 1.29 is 16.8 Å². The molecule has 6 nitrogen and oxygen atoms in total. The van der Waals surface area contributed by atoms with Crippen LogP contribution in [0, 0.1) is 0 Å². The molecule has 0 spiro atoms. The van der Waals surface area contributed by atoms with E-state index in [9.17, 15) is 16.8 Å². The first kappa shape index (κ1) is 24.8. The Labute approximate surface area is 181 Å². The van der Waals surface area contributed by atoms with Gasteiger partial charge in [0.15, 0.2) is 0 Å². The van der Waals surface area contributed by atoms with Crippen molar-refractivity contribution >= 4 is 30.8 Å². The van der Waals surface area contributed by atoms with E-state index in [2.05, 4.69) is 21.6 Å². The molecule has 0 bridgehead atoms. The van der Waals surface area contributed by atoms with Gasteiger partial charge in [-0.1, -0.05) is 50.2 Å². The highest BCUT2D eigenvalue weighted by Crippen LogP contribution is 2.25. The molecule has 2 unspecified atom stereocenters. The van der Waals surface area contributed by atoms with E-state index in [-0.39, 0.29) is 11.8 Å². The van der Waals surface area contributed by atoms with Gasteiger partial charge in [-0.05, 0) is 61.4 Å². The molecule has 0 saturated heterocycles. The smallest absolute Gasteiger partial charge is 0.213 e. The van der Waals surface area contributed by atoms with Gasteiger partial charge in [-0.3, -0.25) is 0 Å². The van der Waals surface area contributed by atoms with Crippen molar-refractivity contribution in [3.8, 4) is 0 Å². The van der Waals surface area contributed by atoms with Gasteiger partial charge in [0, 0.05) is 13.1 Å². The predicted octanol–water partition coefficient (Wildman–Crippen LogP) is 3.70. The number of hydrogen-bond donors (Lipinski definition) is 2. The fraction of sp³-hybridized carbons (Fsp3) is 0.545. The second-order valence-electron chi connectivity index (χ2n) is 8.55. The zero-order chi connectivity index (χ0) is 22.7. The van der Waals surface area contributed by atoms with Gasteiger partial charge < -0.3 is 0 Å². The number of fused-ring (bicyclic) bond motifs is 1. The van der Waals surface area contributed by atoms with E-state index < -0.39 is 30.5 Å². The van der Waals surface area contributed by atoms with Crippen LogP contribution in [-0.2, 0) is 20.0 Å². The molecule has 0 aliphatic heterocycles. The van der Waals surface area contributed by atoms with Crippen molar-refractivity contribution in [3.05, 3.63) is 47.5 Å². The lowest BCUT2D eigenvalue weighted by molar-refractivity contribution is 0.564. The Kier molecular flexibility index (Phi) is 8.07. The van der Waals surface area contributed by atoms with Gasteiger partial charge in [0.25, 0.3) is 0 Å². The molecular formula is C22H34N2O4S2. The maximum Gasteiger partial charge on any atom is 0.213 e. The first-order valence-electron chi connectivity index (χ1n) is 10.3. The molecule has 0 aromatic heterocycles. The fourth-order valence-corrected chi connectivity index (χ4v) is 4.58. The average molecular weight is 455 g/mol. The lowest BCUT2D eigenvalue weighted by Gasteiger charge is -2.17. The van der Waals surface area contributed by atoms with E-state index in [0.29, 0.717) is 13.1 Å². The third-order valence-electron chi connectivity index (χ3n) is 5.45. The van der Waals surface area contributed by atoms with Gasteiger partial charge in [-0.2, -0.15) is 0 Å². The summed E-state index contributed by atoms with van der Waals surface area (Å²) in [6.45, 7) is 11.4. The van der Waals surface area contributed by atoms with E-state index in [1.54, 1.807) is 27.7 Å². The van der Waals surface area contributed by atoms with E-state index in [4.69, 9.17) is 0 Å². The molecule has 0 saturated carbocycles. The summed E-state index contributed by atoms with van der Waals surface area (Å²) in [5, 5.41) is 1.24. The minimum absolute atomic E-state index is 0.0481. The SMILES string of the molecule is CC(CNS(=O)(=O)C(C)C)c1ccc2cc(C(C)CNS(=O)(=O)C(C)C)ccc2c1. The molecule has 2 N–H and O–H groups in total. The Morgan fingerprint density at radius 1 is 0.633 bits per heavy atom. The Balaban J connectivity index is 2.12. The fourth-order valence-electron chi connectivity index (χ4n) is 2.95. The molecule has 0 aliphatic carbocycles. The number of sulfonamides is 2. The second-order valence-corrected chi connectivity index (χ2v) is 13.2. The molecule has 0 fully saturated rings. The Morgan fingerprint density at radius 3 is 1.27 bits per heavy atom. The van der Waals surface area contributed by atoms with E-state index >= 15 is 0 Å². The van der Waals surface area contributed by atoms with Gasteiger partial charge >= 0.3 is 0 Å². The second kappa shape index (κ2) is 9.77. The maximum absolute atomic E-state index is 12.0. The molecule has 168 valence electrons. The summed E-state index contributed by atoms with van der Waals surface area (Å²) in [5.41, 5.74) is 2.14. The van der Waals surface area contributed by atoms with Crippen LogP contribution in [0.2, 0.25) is 0 Å². The summed E-state index contributed by atoms with van der Waals surface area (Å²) in [4.78, 5) is 0. The number of benzene rings is 2. The lowest BCUT2D eigenvalue weighted by atomic mass is 9.94. The van der Waals surface area contributed by atoms with Gasteiger partial charge in [0.05, 0.1) is 10.5 Å². The zero-order valence-electron chi connectivity index (χ0n) is 18.6. The van der Waals surface area contributed by atoms with Crippen LogP contribution < -0.4 is 9.44 Å². The molecule has 0 aliphatic rings. The minimum Gasteiger partial charge on any atom is -0.214 e. The third-order valence-corrected chi connectivity index (χ3v) is 9.07. The molecule has 0 radical (unpaired) electrons. The summed E-state index contributed by atoms with van der Waals surface area (Å²) in [5.74, 6) is 0.0962. The Hall–Kier alpha value is -1.48. The van der Waals surface area contributed by atoms with Crippen LogP contribution in [0.4, 0.5) is 0 Å². The van der Waals surface area contributed by atoms with Crippen LogP contribution in [-0.4, -0.2) is 40.4 Å². The first-order valence-corrected chi connectivity index (χ1v) is 13.4. The normalized spacial score (nSPS) is 15.1. The van der Waals surface area contributed by atoms with Crippen molar-refractivity contribution in [2.24, 2.45) is 0 Å². The van der Waals surface area contributed by atoms with Crippen LogP contribution in [0.5, 0.6) is 0 Å². The number of hydrogen-bond acceptors (Lipinski definition) is 4. The average Bonchev–Trinajstić information content (AvgIpc) is 2.69. The van der Waals surface area contributed by atoms with Crippen molar-refractivity contribution in [1.82, 2.24) is 9.44 Å². The monoisotopic (exact) mass is 454 g/mol. The van der Waals surface area contributed by atoms with Crippen LogP contribution in [0.25, 0.3) is 10.8 Å². The molecular weight excluding hydrogens is 420 g/mol. The molecule has 30 heavy (non-hydrogen) atoms. The van der Waals surface area contributed by atoms with Crippen molar-refractivity contribution in [3.63, 3.8) is 0 Å². The zero-order valence-corrected chi connectivity index (χ0v) is 20.3. The summed E-state index contributed by atoms with van der Waals surface area (Å²) in [7, 11) is -6.56. The highest BCUT2D eigenvalue weighted by Gasteiger charge is 2.18. The highest BCUT2D eigenvalue weighted by molar-refractivity contribution is 7.90. The van der Waals surface area contributed by atoms with Gasteiger partial charge in [-0.15, -0.1) is 0 Å². The summed E-state index contributed by atoms with van der Waals surface area (Å²) in [6, 6.07) is 12.3. The van der Waals surface area contributed by atoms with Crippen LogP contribution >= 0.6 is 0 Å². The Bertz CT molecular complexity index is 990. The van der Waals surface area contributed by atoms with E-state index in [1.165, 1.54) is 0 Å². The standard InChI is InChI=1S/C22H34N2O4S2/c1-15(2)29(25,26)23-13-17(5)19-7-9-22-12-20(8-10-21(22)11-19)18(6)14-24-30(27,28)16(3)4/h7-12,15-18,23-24H,13-14H2,1-6H3. The minimum atomic E-state index is -3.28. The van der Waals surface area contributed by atoms with Crippen LogP contribution in [0.1, 0.15) is 64.5 Å². The van der Waals surface area contributed by atoms with E-state index in [1.807, 2.05) is 38.1 Å². The highest BCUT2D eigenvalue weighted by atomic mass is 32.2. The maximum atomic E-state index is 12.0. The van der Waals surface area contributed by atoms with Gasteiger partial charge in [-0.25, -0.2) is 26.3 Å².